The van der Waals surface area contributed by atoms with E-state index in [9.17, 15) is 21.6 Å². The van der Waals surface area contributed by atoms with Gasteiger partial charge in [-0.15, -0.1) is 0 Å². The fourth-order valence-electron chi connectivity index (χ4n) is 4.03. The highest BCUT2D eigenvalue weighted by molar-refractivity contribution is 7.92. The summed E-state index contributed by atoms with van der Waals surface area (Å²) >= 11 is 0. The van der Waals surface area contributed by atoms with Crippen LogP contribution in [0.1, 0.15) is 12.8 Å². The zero-order valence-electron chi connectivity index (χ0n) is 19.4. The molecule has 190 valence electrons. The number of sulfonamides is 2. The number of nitrogens with zero attached hydrogens (tertiary/aromatic N) is 2. The minimum absolute atomic E-state index is 0.0484. The Kier molecular flexibility index (Phi) is 7.22. The smallest absolute Gasteiger partial charge is 0.261 e. The highest BCUT2D eigenvalue weighted by atomic mass is 32.2. The monoisotopic (exact) mass is 525 g/mol. The molecule has 2 aliphatic rings. The van der Waals surface area contributed by atoms with Crippen molar-refractivity contribution in [3.63, 3.8) is 0 Å². The van der Waals surface area contributed by atoms with Crippen LogP contribution in [0.25, 0.3) is 0 Å². The Bertz CT molecular complexity index is 1320. The number of hydrogen-bond donors (Lipinski definition) is 1. The van der Waals surface area contributed by atoms with Crippen molar-refractivity contribution >= 4 is 37.3 Å². The minimum atomic E-state index is -4.13. The number of rotatable bonds is 8. The highest BCUT2D eigenvalue weighted by Gasteiger charge is 2.31. The molecule has 2 aliphatic heterocycles. The number of anilines is 2. The molecule has 0 saturated carbocycles. The SMILES string of the molecule is COc1ccc(S(=O)(=O)Nc2ccc(OC)c(S(=O)(=O)N3CCOCC3)c2)cc1N1CCCC1=O. The van der Waals surface area contributed by atoms with Crippen molar-refractivity contribution in [2.45, 2.75) is 22.6 Å². The summed E-state index contributed by atoms with van der Waals surface area (Å²) in [6.45, 7) is 1.38. The maximum atomic E-state index is 13.2. The number of ether oxygens (including phenoxy) is 3. The van der Waals surface area contributed by atoms with Crippen LogP contribution in [0.4, 0.5) is 11.4 Å². The van der Waals surface area contributed by atoms with Gasteiger partial charge in [0.05, 0.1) is 43.7 Å². The molecule has 0 bridgehead atoms. The quantitative estimate of drug-likeness (QED) is 0.550. The fourth-order valence-corrected chi connectivity index (χ4v) is 6.69. The molecular weight excluding hydrogens is 498 g/mol. The van der Waals surface area contributed by atoms with E-state index in [1.54, 1.807) is 0 Å². The van der Waals surface area contributed by atoms with E-state index in [0.29, 0.717) is 30.8 Å². The number of morpholine rings is 1. The van der Waals surface area contributed by atoms with Crippen molar-refractivity contribution in [1.82, 2.24) is 4.31 Å². The molecule has 1 N–H and O–H groups in total. The molecule has 4 rings (SSSR count). The number of amides is 1. The maximum absolute atomic E-state index is 13.2. The third-order valence-electron chi connectivity index (χ3n) is 5.83. The molecule has 0 spiro atoms. The second-order valence-electron chi connectivity index (χ2n) is 7.97. The average Bonchev–Trinajstić information content (AvgIpc) is 3.29. The van der Waals surface area contributed by atoms with E-state index in [-0.39, 0.29) is 53.4 Å². The maximum Gasteiger partial charge on any atom is 0.261 e. The lowest BCUT2D eigenvalue weighted by Crippen LogP contribution is -2.40. The van der Waals surface area contributed by atoms with Crippen LogP contribution in [-0.2, 0) is 29.6 Å². The van der Waals surface area contributed by atoms with Gasteiger partial charge < -0.3 is 19.1 Å². The van der Waals surface area contributed by atoms with Gasteiger partial charge in [0.2, 0.25) is 15.9 Å². The molecule has 1 amide bonds. The first-order chi connectivity index (χ1) is 16.7. The van der Waals surface area contributed by atoms with Crippen LogP contribution in [0.3, 0.4) is 0 Å². The van der Waals surface area contributed by atoms with Gasteiger partial charge in [0.25, 0.3) is 10.0 Å². The lowest BCUT2D eigenvalue weighted by molar-refractivity contribution is -0.117. The molecule has 2 saturated heterocycles. The van der Waals surface area contributed by atoms with E-state index in [4.69, 9.17) is 14.2 Å². The van der Waals surface area contributed by atoms with E-state index >= 15 is 0 Å². The minimum Gasteiger partial charge on any atom is -0.495 e. The van der Waals surface area contributed by atoms with Gasteiger partial charge >= 0.3 is 0 Å². The van der Waals surface area contributed by atoms with Crippen LogP contribution in [-0.4, -0.2) is 74.1 Å². The van der Waals surface area contributed by atoms with Crippen LogP contribution in [0.5, 0.6) is 11.5 Å². The van der Waals surface area contributed by atoms with Gasteiger partial charge in [-0.1, -0.05) is 0 Å². The Labute approximate surface area is 204 Å². The van der Waals surface area contributed by atoms with Crippen molar-refractivity contribution in [2.24, 2.45) is 0 Å². The van der Waals surface area contributed by atoms with Gasteiger partial charge in [0, 0.05) is 26.1 Å². The molecule has 2 aromatic carbocycles. The number of methoxy groups -OCH3 is 2. The summed E-state index contributed by atoms with van der Waals surface area (Å²) in [4.78, 5) is 13.5. The lowest BCUT2D eigenvalue weighted by atomic mass is 10.2. The third kappa shape index (κ3) is 5.08. The molecule has 0 aromatic heterocycles. The van der Waals surface area contributed by atoms with E-state index < -0.39 is 20.0 Å². The number of hydrogen-bond acceptors (Lipinski definition) is 8. The third-order valence-corrected chi connectivity index (χ3v) is 9.13. The normalized spacial score (nSPS) is 17.4. The first-order valence-electron chi connectivity index (χ1n) is 10.9. The molecule has 35 heavy (non-hydrogen) atoms. The lowest BCUT2D eigenvalue weighted by Gasteiger charge is -2.27. The molecule has 2 heterocycles. The number of benzene rings is 2. The van der Waals surface area contributed by atoms with Crippen LogP contribution < -0.4 is 19.1 Å². The summed E-state index contributed by atoms with van der Waals surface area (Å²) in [6.07, 6.45) is 1.05. The van der Waals surface area contributed by atoms with E-state index in [2.05, 4.69) is 4.72 Å². The van der Waals surface area contributed by atoms with Crippen molar-refractivity contribution in [2.75, 3.05) is 56.7 Å². The summed E-state index contributed by atoms with van der Waals surface area (Å²) in [6, 6.07) is 8.27. The van der Waals surface area contributed by atoms with Gasteiger partial charge in [0.15, 0.2) is 0 Å². The molecule has 0 unspecified atom stereocenters. The fraction of sp³-hybridized carbons (Fsp3) is 0.409. The Morgan fingerprint density at radius 2 is 1.60 bits per heavy atom. The van der Waals surface area contributed by atoms with Gasteiger partial charge in [-0.2, -0.15) is 4.31 Å². The Morgan fingerprint density at radius 1 is 0.914 bits per heavy atom. The van der Waals surface area contributed by atoms with Crippen LogP contribution in [0, 0.1) is 0 Å². The number of nitrogens with one attached hydrogen (secondary N) is 1. The molecule has 0 atom stereocenters. The highest BCUT2D eigenvalue weighted by Crippen LogP contribution is 2.35. The van der Waals surface area contributed by atoms with Crippen molar-refractivity contribution in [1.29, 1.82) is 0 Å². The largest absolute Gasteiger partial charge is 0.495 e. The first kappa shape index (κ1) is 25.2. The first-order valence-corrected chi connectivity index (χ1v) is 13.9. The Hall–Kier alpha value is -2.87. The van der Waals surface area contributed by atoms with Crippen molar-refractivity contribution in [3.8, 4) is 11.5 Å². The summed E-state index contributed by atoms with van der Waals surface area (Å²) in [5.41, 5.74) is 0.412. The average molecular weight is 526 g/mol. The Morgan fingerprint density at radius 3 is 2.23 bits per heavy atom. The van der Waals surface area contributed by atoms with Crippen molar-refractivity contribution < 1.29 is 35.8 Å². The molecule has 2 aromatic rings. The van der Waals surface area contributed by atoms with Crippen LogP contribution in [0.15, 0.2) is 46.2 Å². The van der Waals surface area contributed by atoms with Crippen molar-refractivity contribution in [3.05, 3.63) is 36.4 Å². The zero-order valence-corrected chi connectivity index (χ0v) is 21.0. The Balaban J connectivity index is 1.67. The zero-order chi connectivity index (χ0) is 25.2. The summed E-state index contributed by atoms with van der Waals surface area (Å²) in [7, 11) is -5.29. The van der Waals surface area contributed by atoms with Gasteiger partial charge in [-0.25, -0.2) is 16.8 Å². The second-order valence-corrected chi connectivity index (χ2v) is 11.6. The molecule has 11 nitrogen and oxygen atoms in total. The molecular formula is C22H27N3O8S2. The van der Waals surface area contributed by atoms with Gasteiger partial charge in [-0.05, 0) is 42.8 Å². The second kappa shape index (κ2) is 10.0. The van der Waals surface area contributed by atoms with Crippen LogP contribution in [0.2, 0.25) is 0 Å². The van der Waals surface area contributed by atoms with E-state index in [1.807, 2.05) is 0 Å². The van der Waals surface area contributed by atoms with Gasteiger partial charge in [0.1, 0.15) is 16.4 Å². The summed E-state index contributed by atoms with van der Waals surface area (Å²) in [5, 5.41) is 0. The predicted molar refractivity (Wildman–Crippen MR) is 128 cm³/mol. The number of carbonyl (C=O) groups is 1. The van der Waals surface area contributed by atoms with E-state index in [1.165, 1.54) is 59.8 Å². The summed E-state index contributed by atoms with van der Waals surface area (Å²) < 4.78 is 72.3. The predicted octanol–water partition coefficient (Wildman–Crippen LogP) is 1.65. The number of carbonyl (C=O) groups excluding carboxylic acids is 1. The topological polar surface area (TPSA) is 132 Å². The van der Waals surface area contributed by atoms with E-state index in [0.717, 1.165) is 0 Å². The molecule has 0 aliphatic carbocycles. The molecule has 0 radical (unpaired) electrons. The van der Waals surface area contributed by atoms with Gasteiger partial charge in [-0.3, -0.25) is 9.52 Å². The summed E-state index contributed by atoms with van der Waals surface area (Å²) in [5.74, 6) is 0.361. The van der Waals surface area contributed by atoms with Crippen LogP contribution >= 0.6 is 0 Å². The molecule has 13 heteroatoms. The standard InChI is InChI=1S/C22H27N3O8S2/c1-31-19-8-6-17(15-18(19)25-9-3-4-22(25)26)34(27,28)23-16-5-7-20(32-2)21(14-16)35(29,30)24-10-12-33-13-11-24/h5-8,14-15,23H,3-4,9-13H2,1-2H3. The molecule has 2 fully saturated rings.